The first-order chi connectivity index (χ1) is 9.90. The lowest BCUT2D eigenvalue weighted by molar-refractivity contribution is -0.402. The average molecular weight is 297 g/mol. The molecular weight excluding hydrogens is 286 g/mol. The minimum absolute atomic E-state index is 0.0943. The maximum absolute atomic E-state index is 12.2. The van der Waals surface area contributed by atoms with Gasteiger partial charge in [-0.3, -0.25) is 24.5 Å². The summed E-state index contributed by atoms with van der Waals surface area (Å²) in [4.78, 5) is 45.4. The van der Waals surface area contributed by atoms with Crippen LogP contribution in [0.2, 0.25) is 0 Å². The first-order valence-corrected chi connectivity index (χ1v) is 5.95. The van der Waals surface area contributed by atoms with Crippen molar-refractivity contribution in [1.29, 1.82) is 0 Å². The molecule has 1 atom stereocenters. The lowest BCUT2D eigenvalue weighted by Crippen LogP contribution is -2.57. The van der Waals surface area contributed by atoms with E-state index in [2.05, 4.69) is 5.32 Å². The SMILES string of the molecule is O=C(O)CC1C(=O)NCCN1C(=O)c1ccc([N+](=O)[O-])o1. The number of furan rings is 1. The minimum atomic E-state index is -1.24. The number of nitrogens with zero attached hydrogens (tertiary/aromatic N) is 2. The summed E-state index contributed by atoms with van der Waals surface area (Å²) in [5, 5.41) is 21.8. The van der Waals surface area contributed by atoms with Gasteiger partial charge in [-0.25, -0.2) is 0 Å². The van der Waals surface area contributed by atoms with Crippen LogP contribution in [0.1, 0.15) is 17.0 Å². The Labute approximate surface area is 117 Å². The van der Waals surface area contributed by atoms with Crippen LogP contribution in [0.3, 0.4) is 0 Å². The molecular formula is C11H11N3O7. The number of aliphatic carboxylic acids is 1. The predicted octanol–water partition coefficient (Wildman–Crippen LogP) is -0.397. The zero-order valence-corrected chi connectivity index (χ0v) is 10.6. The van der Waals surface area contributed by atoms with Crippen LogP contribution in [0.25, 0.3) is 0 Å². The van der Waals surface area contributed by atoms with Crippen LogP contribution in [-0.4, -0.2) is 51.8 Å². The van der Waals surface area contributed by atoms with Gasteiger partial charge in [-0.05, 0) is 6.07 Å². The predicted molar refractivity (Wildman–Crippen MR) is 65.4 cm³/mol. The molecule has 1 aliphatic heterocycles. The molecule has 2 rings (SSSR count). The van der Waals surface area contributed by atoms with E-state index in [1.807, 2.05) is 0 Å². The van der Waals surface area contributed by atoms with Crippen molar-refractivity contribution in [3.63, 3.8) is 0 Å². The first kappa shape index (κ1) is 14.5. The number of carboxylic acid groups (broad SMARTS) is 1. The van der Waals surface area contributed by atoms with E-state index in [9.17, 15) is 24.5 Å². The van der Waals surface area contributed by atoms with E-state index in [-0.39, 0.29) is 18.8 Å². The van der Waals surface area contributed by atoms with Gasteiger partial charge in [-0.2, -0.15) is 0 Å². The van der Waals surface area contributed by atoms with Crippen molar-refractivity contribution in [2.45, 2.75) is 12.5 Å². The molecule has 0 aliphatic carbocycles. The molecule has 2 heterocycles. The summed E-state index contributed by atoms with van der Waals surface area (Å²) in [6.45, 7) is 0.264. The molecule has 1 fully saturated rings. The van der Waals surface area contributed by atoms with Gasteiger partial charge >= 0.3 is 11.9 Å². The normalized spacial score (nSPS) is 18.2. The van der Waals surface area contributed by atoms with Crippen molar-refractivity contribution >= 4 is 23.7 Å². The number of carboxylic acids is 1. The Hall–Kier alpha value is -2.91. The lowest BCUT2D eigenvalue weighted by Gasteiger charge is -2.33. The van der Waals surface area contributed by atoms with Gasteiger partial charge in [0.05, 0.1) is 12.5 Å². The van der Waals surface area contributed by atoms with E-state index < -0.39 is 41.1 Å². The highest BCUT2D eigenvalue weighted by Crippen LogP contribution is 2.20. The van der Waals surface area contributed by atoms with Crippen molar-refractivity contribution in [2.75, 3.05) is 13.1 Å². The maximum atomic E-state index is 12.2. The summed E-state index contributed by atoms with van der Waals surface area (Å²) < 4.78 is 4.78. The average Bonchev–Trinajstić information content (AvgIpc) is 2.89. The molecule has 0 saturated carbocycles. The fourth-order valence-corrected chi connectivity index (χ4v) is 2.01. The van der Waals surface area contributed by atoms with Gasteiger partial charge in [0.1, 0.15) is 11.0 Å². The molecule has 1 saturated heterocycles. The molecule has 0 spiro atoms. The largest absolute Gasteiger partial charge is 0.481 e. The number of nitro groups is 1. The van der Waals surface area contributed by atoms with Gasteiger partial charge in [0, 0.05) is 13.1 Å². The summed E-state index contributed by atoms with van der Waals surface area (Å²) in [6.07, 6.45) is -0.555. The van der Waals surface area contributed by atoms with E-state index in [0.717, 1.165) is 17.0 Å². The highest BCUT2D eigenvalue weighted by Gasteiger charge is 2.36. The maximum Gasteiger partial charge on any atom is 0.433 e. The van der Waals surface area contributed by atoms with Gasteiger partial charge in [-0.15, -0.1) is 0 Å². The van der Waals surface area contributed by atoms with Gasteiger partial charge in [0.2, 0.25) is 5.91 Å². The number of hydrogen-bond acceptors (Lipinski definition) is 6. The Morgan fingerprint density at radius 3 is 2.81 bits per heavy atom. The third-order valence-electron chi connectivity index (χ3n) is 2.94. The Kier molecular flexibility index (Phi) is 3.87. The molecule has 112 valence electrons. The van der Waals surface area contributed by atoms with E-state index in [1.165, 1.54) is 0 Å². The number of amides is 2. The lowest BCUT2D eigenvalue weighted by atomic mass is 10.1. The standard InChI is InChI=1S/C11H11N3O7/c15-9(16)5-6-10(17)12-3-4-13(6)11(18)7-1-2-8(21-7)14(19)20/h1-2,6H,3-5H2,(H,12,17)(H,15,16). The van der Waals surface area contributed by atoms with Gasteiger partial charge < -0.3 is 19.7 Å². The Bertz CT molecular complexity index is 609. The van der Waals surface area contributed by atoms with Crippen molar-refractivity contribution in [3.8, 4) is 0 Å². The van der Waals surface area contributed by atoms with Crippen molar-refractivity contribution in [2.24, 2.45) is 0 Å². The van der Waals surface area contributed by atoms with Crippen LogP contribution >= 0.6 is 0 Å². The highest BCUT2D eigenvalue weighted by atomic mass is 16.6. The summed E-state index contributed by atoms with van der Waals surface area (Å²) >= 11 is 0. The highest BCUT2D eigenvalue weighted by molar-refractivity contribution is 5.97. The topological polar surface area (TPSA) is 143 Å². The number of nitrogens with one attached hydrogen (secondary N) is 1. The smallest absolute Gasteiger partial charge is 0.433 e. The second-order valence-electron chi connectivity index (χ2n) is 4.30. The third-order valence-corrected chi connectivity index (χ3v) is 2.94. The molecule has 10 heteroatoms. The second-order valence-corrected chi connectivity index (χ2v) is 4.30. The zero-order chi connectivity index (χ0) is 15.6. The van der Waals surface area contributed by atoms with Crippen molar-refractivity contribution in [3.05, 3.63) is 28.0 Å². The molecule has 2 amide bonds. The molecule has 21 heavy (non-hydrogen) atoms. The second kappa shape index (κ2) is 5.61. The number of piperazine rings is 1. The summed E-state index contributed by atoms with van der Waals surface area (Å²) in [6, 6.07) is 0.960. The fraction of sp³-hybridized carbons (Fsp3) is 0.364. The van der Waals surface area contributed by atoms with Crippen molar-refractivity contribution < 1.29 is 28.8 Å². The van der Waals surface area contributed by atoms with E-state index in [4.69, 9.17) is 9.52 Å². The third kappa shape index (κ3) is 2.99. The molecule has 0 aromatic carbocycles. The quantitative estimate of drug-likeness (QED) is 0.568. The molecule has 10 nitrogen and oxygen atoms in total. The summed E-state index contributed by atoms with van der Waals surface area (Å²) in [5.74, 6) is -3.50. The summed E-state index contributed by atoms with van der Waals surface area (Å²) in [7, 11) is 0. The molecule has 1 aromatic rings. The van der Waals surface area contributed by atoms with Gasteiger partial charge in [0.15, 0.2) is 5.76 Å². The monoisotopic (exact) mass is 297 g/mol. The van der Waals surface area contributed by atoms with Gasteiger partial charge in [-0.1, -0.05) is 0 Å². The molecule has 0 bridgehead atoms. The van der Waals surface area contributed by atoms with E-state index >= 15 is 0 Å². The fourth-order valence-electron chi connectivity index (χ4n) is 2.01. The number of hydrogen-bond donors (Lipinski definition) is 2. The van der Waals surface area contributed by atoms with Crippen LogP contribution in [0.5, 0.6) is 0 Å². The Morgan fingerprint density at radius 1 is 1.52 bits per heavy atom. The number of rotatable bonds is 4. The molecule has 2 N–H and O–H groups in total. The molecule has 1 aliphatic rings. The first-order valence-electron chi connectivity index (χ1n) is 5.95. The Balaban J connectivity index is 2.23. The minimum Gasteiger partial charge on any atom is -0.481 e. The van der Waals surface area contributed by atoms with E-state index in [1.54, 1.807) is 0 Å². The molecule has 0 radical (unpaired) electrons. The Morgan fingerprint density at radius 2 is 2.24 bits per heavy atom. The van der Waals surface area contributed by atoms with Crippen LogP contribution in [0.4, 0.5) is 5.88 Å². The summed E-state index contributed by atoms with van der Waals surface area (Å²) in [5.41, 5.74) is 0. The van der Waals surface area contributed by atoms with Crippen LogP contribution in [0, 0.1) is 10.1 Å². The molecule has 1 aromatic heterocycles. The van der Waals surface area contributed by atoms with Crippen LogP contribution in [0.15, 0.2) is 16.5 Å². The van der Waals surface area contributed by atoms with E-state index in [0.29, 0.717) is 0 Å². The zero-order valence-electron chi connectivity index (χ0n) is 10.6. The van der Waals surface area contributed by atoms with Gasteiger partial charge in [0.25, 0.3) is 5.91 Å². The van der Waals surface area contributed by atoms with Crippen molar-refractivity contribution in [1.82, 2.24) is 10.2 Å². The van der Waals surface area contributed by atoms with Crippen LogP contribution < -0.4 is 5.32 Å². The van der Waals surface area contributed by atoms with Crippen LogP contribution in [-0.2, 0) is 9.59 Å². The number of carbonyl (C=O) groups is 3. The molecule has 1 unspecified atom stereocenters. The number of carbonyl (C=O) groups excluding carboxylic acids is 2.